The van der Waals surface area contributed by atoms with Crippen molar-refractivity contribution in [2.24, 2.45) is 0 Å². The molecule has 0 unspecified atom stereocenters. The first kappa shape index (κ1) is 12.8. The minimum absolute atomic E-state index is 0.0456. The van der Waals surface area contributed by atoms with Gasteiger partial charge in [0.05, 0.1) is 19.5 Å². The Balaban J connectivity index is 4.10. The molecule has 0 aliphatic heterocycles. The van der Waals surface area contributed by atoms with Crippen LogP contribution in [-0.2, 0) is 4.57 Å². The molecule has 13 heavy (non-hydrogen) atoms. The number of hydrogen-bond donors (Lipinski definition) is 2. The van der Waals surface area contributed by atoms with E-state index in [-0.39, 0.29) is 12.8 Å². The zero-order valence-corrected chi connectivity index (χ0v) is 8.01. The third-order valence-electron chi connectivity index (χ3n) is 1.45. The number of alkyl halides is 2. The average Bonchev–Trinajstić information content (AvgIpc) is 2.00. The summed E-state index contributed by atoms with van der Waals surface area (Å²) in [5, 5.41) is 0. The quantitative estimate of drug-likeness (QED) is 0.523. The predicted molar refractivity (Wildman–Crippen MR) is 46.2 cm³/mol. The monoisotopic (exact) mass is 214 g/mol. The minimum atomic E-state index is -4.09. The topological polar surface area (TPSA) is 57.5 Å². The Labute approximate surface area is 75.6 Å². The van der Waals surface area contributed by atoms with Gasteiger partial charge in [0, 0.05) is 0 Å². The largest absolute Gasteiger partial charge is 0.329 e. The molecule has 0 radical (unpaired) electrons. The van der Waals surface area contributed by atoms with Crippen LogP contribution < -0.4 is 0 Å². The molecule has 6 heteroatoms. The highest BCUT2D eigenvalue weighted by molar-refractivity contribution is 7.51. The lowest BCUT2D eigenvalue weighted by atomic mass is 10.1. The summed E-state index contributed by atoms with van der Waals surface area (Å²) in [4.78, 5) is 17.0. The third-order valence-corrected chi connectivity index (χ3v) is 2.11. The van der Waals surface area contributed by atoms with Crippen LogP contribution in [0.1, 0.15) is 12.8 Å². The highest BCUT2D eigenvalue weighted by Crippen LogP contribution is 2.34. The second-order valence-corrected chi connectivity index (χ2v) is 4.28. The van der Waals surface area contributed by atoms with Crippen molar-refractivity contribution in [3.63, 3.8) is 0 Å². The molecule has 0 aromatic heterocycles. The molecule has 0 aromatic carbocycles. The van der Waals surface area contributed by atoms with Gasteiger partial charge in [0.1, 0.15) is 0 Å². The van der Waals surface area contributed by atoms with E-state index in [0.29, 0.717) is 5.57 Å². The van der Waals surface area contributed by atoms with E-state index >= 15 is 0 Å². The molecule has 78 valence electrons. The minimum Gasteiger partial charge on any atom is -0.324 e. The molecule has 3 nitrogen and oxygen atoms in total. The molecular formula is C7H13F2O3P. The van der Waals surface area contributed by atoms with Crippen LogP contribution in [0.15, 0.2) is 11.6 Å². The van der Waals surface area contributed by atoms with Gasteiger partial charge in [-0.2, -0.15) is 0 Å². The van der Waals surface area contributed by atoms with Crippen LogP contribution in [0, 0.1) is 0 Å². The van der Waals surface area contributed by atoms with Crippen molar-refractivity contribution in [2.75, 3.05) is 19.5 Å². The maximum absolute atomic E-state index is 11.8. The summed E-state index contributed by atoms with van der Waals surface area (Å²) in [7, 11) is -4.09. The van der Waals surface area contributed by atoms with E-state index in [9.17, 15) is 13.3 Å². The lowest BCUT2D eigenvalue weighted by Crippen LogP contribution is -1.91. The lowest BCUT2D eigenvalue weighted by molar-refractivity contribution is 0.376. The van der Waals surface area contributed by atoms with Gasteiger partial charge in [0.15, 0.2) is 0 Å². The molecular weight excluding hydrogens is 201 g/mol. The van der Waals surface area contributed by atoms with Crippen molar-refractivity contribution in [3.05, 3.63) is 11.6 Å². The van der Waals surface area contributed by atoms with Crippen LogP contribution in [0.3, 0.4) is 0 Å². The number of hydrogen-bond acceptors (Lipinski definition) is 1. The highest BCUT2D eigenvalue weighted by atomic mass is 31.2. The van der Waals surface area contributed by atoms with Gasteiger partial charge in [0.2, 0.25) is 0 Å². The standard InChI is InChI=1S/C7H13F2O3P/c8-4-1-7(2-5-9)3-6-13(10,11)12/h3H,1-2,4-6H2,(H2,10,11,12). The van der Waals surface area contributed by atoms with E-state index in [1.165, 1.54) is 6.08 Å². The first-order valence-electron chi connectivity index (χ1n) is 3.84. The zero-order valence-electron chi connectivity index (χ0n) is 7.12. The molecule has 0 saturated heterocycles. The van der Waals surface area contributed by atoms with Crippen LogP contribution in [0.2, 0.25) is 0 Å². The molecule has 0 aliphatic rings. The van der Waals surface area contributed by atoms with E-state index < -0.39 is 27.1 Å². The zero-order chi connectivity index (χ0) is 10.3. The molecule has 0 aromatic rings. The summed E-state index contributed by atoms with van der Waals surface area (Å²) in [6, 6.07) is 0. The Morgan fingerprint density at radius 3 is 2.00 bits per heavy atom. The smallest absolute Gasteiger partial charge is 0.324 e. The summed E-state index contributed by atoms with van der Waals surface area (Å²) >= 11 is 0. The van der Waals surface area contributed by atoms with Crippen molar-refractivity contribution in [3.8, 4) is 0 Å². The number of rotatable bonds is 6. The number of allylic oxidation sites excluding steroid dienone is 2. The molecule has 0 atom stereocenters. The van der Waals surface area contributed by atoms with Crippen LogP contribution in [0.25, 0.3) is 0 Å². The molecule has 2 N–H and O–H groups in total. The molecule has 0 amide bonds. The Morgan fingerprint density at radius 1 is 1.23 bits per heavy atom. The van der Waals surface area contributed by atoms with Crippen LogP contribution in [0.4, 0.5) is 8.78 Å². The summed E-state index contributed by atoms with van der Waals surface area (Å²) in [5.41, 5.74) is 0.424. The maximum atomic E-state index is 11.8. The Kier molecular flexibility index (Phi) is 6.12. The molecule has 0 spiro atoms. The van der Waals surface area contributed by atoms with Gasteiger partial charge in [-0.15, -0.1) is 0 Å². The highest BCUT2D eigenvalue weighted by Gasteiger charge is 2.10. The van der Waals surface area contributed by atoms with Crippen LogP contribution >= 0.6 is 7.60 Å². The predicted octanol–water partition coefficient (Wildman–Crippen LogP) is 1.81. The molecule has 0 heterocycles. The maximum Gasteiger partial charge on any atom is 0.329 e. The third kappa shape index (κ3) is 8.09. The summed E-state index contributed by atoms with van der Waals surface area (Å²) < 4.78 is 34.1. The Morgan fingerprint density at radius 2 is 1.69 bits per heavy atom. The van der Waals surface area contributed by atoms with Gasteiger partial charge in [-0.25, -0.2) is 0 Å². The van der Waals surface area contributed by atoms with Crippen molar-refractivity contribution >= 4 is 7.60 Å². The van der Waals surface area contributed by atoms with E-state index in [1.807, 2.05) is 0 Å². The van der Waals surface area contributed by atoms with Gasteiger partial charge < -0.3 is 9.79 Å². The van der Waals surface area contributed by atoms with Gasteiger partial charge in [-0.05, 0) is 12.8 Å². The van der Waals surface area contributed by atoms with Gasteiger partial charge >= 0.3 is 7.60 Å². The summed E-state index contributed by atoms with van der Waals surface area (Å²) in [6.07, 6.45) is 0.871. The molecule has 0 fully saturated rings. The molecule has 0 rings (SSSR count). The van der Waals surface area contributed by atoms with Crippen LogP contribution in [-0.4, -0.2) is 29.3 Å². The van der Waals surface area contributed by atoms with E-state index in [1.54, 1.807) is 0 Å². The fourth-order valence-corrected chi connectivity index (χ4v) is 1.32. The fourth-order valence-electron chi connectivity index (χ4n) is 0.820. The van der Waals surface area contributed by atoms with E-state index in [2.05, 4.69) is 0 Å². The van der Waals surface area contributed by atoms with Crippen molar-refractivity contribution in [1.29, 1.82) is 0 Å². The second-order valence-electron chi connectivity index (χ2n) is 2.59. The second kappa shape index (κ2) is 6.24. The lowest BCUT2D eigenvalue weighted by Gasteiger charge is -2.03. The van der Waals surface area contributed by atoms with Gasteiger partial charge in [0.25, 0.3) is 0 Å². The van der Waals surface area contributed by atoms with E-state index in [0.717, 1.165) is 0 Å². The Hall–Kier alpha value is -0.250. The summed E-state index contributed by atoms with van der Waals surface area (Å²) in [6.45, 7) is -1.26. The van der Waals surface area contributed by atoms with Gasteiger partial charge in [-0.3, -0.25) is 13.3 Å². The molecule has 0 bridgehead atoms. The first-order chi connectivity index (χ1) is 5.99. The SMILES string of the molecule is O=P(O)(O)CC=C(CCF)CCF. The Bertz CT molecular complexity index is 204. The normalized spacial score (nSPS) is 11.4. The first-order valence-corrected chi connectivity index (χ1v) is 5.63. The van der Waals surface area contributed by atoms with Crippen molar-refractivity contribution in [1.82, 2.24) is 0 Å². The molecule has 0 saturated carbocycles. The van der Waals surface area contributed by atoms with E-state index in [4.69, 9.17) is 9.79 Å². The van der Waals surface area contributed by atoms with Crippen LogP contribution in [0.5, 0.6) is 0 Å². The van der Waals surface area contributed by atoms with Crippen molar-refractivity contribution < 1.29 is 23.1 Å². The van der Waals surface area contributed by atoms with Gasteiger partial charge in [-0.1, -0.05) is 11.6 Å². The number of halogens is 2. The van der Waals surface area contributed by atoms with Crippen molar-refractivity contribution in [2.45, 2.75) is 12.8 Å². The average molecular weight is 214 g/mol. The molecule has 0 aliphatic carbocycles. The fraction of sp³-hybridized carbons (Fsp3) is 0.714. The summed E-state index contributed by atoms with van der Waals surface area (Å²) in [5.74, 6) is 0.